The Morgan fingerprint density at radius 1 is 0.909 bits per heavy atom. The largest absolute Gasteiger partial charge is 0.348 e. The molecule has 1 aliphatic heterocycles. The van der Waals surface area contributed by atoms with Gasteiger partial charge in [0.05, 0.1) is 5.02 Å². The van der Waals surface area contributed by atoms with Crippen molar-refractivity contribution in [3.8, 4) is 0 Å². The lowest BCUT2D eigenvalue weighted by Crippen LogP contribution is -2.23. The van der Waals surface area contributed by atoms with E-state index >= 15 is 0 Å². The van der Waals surface area contributed by atoms with E-state index in [4.69, 9.17) is 11.6 Å². The molecule has 6 nitrogen and oxygen atoms in total. The molecule has 0 unspecified atom stereocenters. The van der Waals surface area contributed by atoms with Gasteiger partial charge in [-0.3, -0.25) is 14.4 Å². The highest BCUT2D eigenvalue weighted by atomic mass is 35.5. The van der Waals surface area contributed by atoms with Crippen molar-refractivity contribution < 1.29 is 13.2 Å². The third kappa shape index (κ3) is 6.13. The van der Waals surface area contributed by atoms with E-state index in [2.05, 4.69) is 27.1 Å². The summed E-state index contributed by atoms with van der Waals surface area (Å²) >= 11 is 6.15. The number of carbonyl (C=O) groups is 1. The second kappa shape index (κ2) is 10.4. The van der Waals surface area contributed by atoms with Gasteiger partial charge in [0.2, 0.25) is 0 Å². The molecule has 1 amide bonds. The van der Waals surface area contributed by atoms with E-state index in [1.807, 2.05) is 12.1 Å². The molecular formula is C25H26ClN3O3S. The number of hydrogen-bond donors (Lipinski definition) is 2. The molecule has 1 saturated heterocycles. The Hall–Kier alpha value is -2.87. The highest BCUT2D eigenvalue weighted by Gasteiger charge is 2.20. The number of carbonyl (C=O) groups excluding carboxylic acids is 1. The zero-order valence-electron chi connectivity index (χ0n) is 18.1. The minimum absolute atomic E-state index is 0.0450. The van der Waals surface area contributed by atoms with Crippen LogP contribution in [0.4, 0.5) is 5.69 Å². The molecule has 3 aromatic carbocycles. The lowest BCUT2D eigenvalue weighted by atomic mass is 10.1. The SMILES string of the molecule is O=C(NCc1ccc(CN2CCCC2)cc1)c1ccc(Cl)c(S(=O)(=O)Nc2ccccc2)c1. The molecule has 0 atom stereocenters. The highest BCUT2D eigenvalue weighted by molar-refractivity contribution is 7.92. The summed E-state index contributed by atoms with van der Waals surface area (Å²) in [4.78, 5) is 15.0. The average Bonchev–Trinajstić information content (AvgIpc) is 3.32. The number of likely N-dealkylation sites (tertiary alicyclic amines) is 1. The van der Waals surface area contributed by atoms with Crippen LogP contribution in [0, 0.1) is 0 Å². The van der Waals surface area contributed by atoms with Crippen LogP contribution in [0.2, 0.25) is 5.02 Å². The molecule has 0 saturated carbocycles. The second-order valence-corrected chi connectivity index (χ2v) is 10.2. The van der Waals surface area contributed by atoms with E-state index in [1.165, 1.54) is 36.6 Å². The van der Waals surface area contributed by atoms with Crippen LogP contribution < -0.4 is 10.0 Å². The Labute approximate surface area is 199 Å². The molecule has 4 rings (SSSR count). The van der Waals surface area contributed by atoms with Crippen LogP contribution in [0.25, 0.3) is 0 Å². The molecule has 1 heterocycles. The van der Waals surface area contributed by atoms with Crippen LogP contribution in [0.1, 0.15) is 34.3 Å². The first-order valence-electron chi connectivity index (χ1n) is 10.9. The van der Waals surface area contributed by atoms with Gasteiger partial charge >= 0.3 is 0 Å². The molecule has 3 aromatic rings. The topological polar surface area (TPSA) is 78.5 Å². The summed E-state index contributed by atoms with van der Waals surface area (Å²) in [5.74, 6) is -0.371. The summed E-state index contributed by atoms with van der Waals surface area (Å²) < 4.78 is 28.1. The first-order chi connectivity index (χ1) is 15.9. The van der Waals surface area contributed by atoms with Gasteiger partial charge in [0.15, 0.2) is 0 Å². The van der Waals surface area contributed by atoms with Crippen molar-refractivity contribution in [1.82, 2.24) is 10.2 Å². The quantitative estimate of drug-likeness (QED) is 0.488. The van der Waals surface area contributed by atoms with Gasteiger partial charge in [0.25, 0.3) is 15.9 Å². The number of amides is 1. The number of nitrogens with zero attached hydrogens (tertiary/aromatic N) is 1. The van der Waals surface area contributed by atoms with Gasteiger partial charge in [0, 0.05) is 24.3 Å². The van der Waals surface area contributed by atoms with Gasteiger partial charge in [0.1, 0.15) is 4.90 Å². The number of benzene rings is 3. The molecule has 0 radical (unpaired) electrons. The van der Waals surface area contributed by atoms with Crippen molar-refractivity contribution in [1.29, 1.82) is 0 Å². The van der Waals surface area contributed by atoms with Crippen LogP contribution in [0.15, 0.2) is 77.7 Å². The van der Waals surface area contributed by atoms with E-state index in [1.54, 1.807) is 30.3 Å². The molecule has 0 spiro atoms. The molecule has 0 aromatic heterocycles. The van der Waals surface area contributed by atoms with Gasteiger partial charge in [-0.1, -0.05) is 54.1 Å². The van der Waals surface area contributed by atoms with E-state index in [0.29, 0.717) is 12.2 Å². The molecular weight excluding hydrogens is 458 g/mol. The number of para-hydroxylation sites is 1. The third-order valence-corrected chi connectivity index (χ3v) is 7.45. The zero-order chi connectivity index (χ0) is 23.3. The van der Waals surface area contributed by atoms with Crippen molar-refractivity contribution in [3.05, 3.63) is 94.5 Å². The summed E-state index contributed by atoms with van der Waals surface area (Å²) in [6, 6.07) is 20.9. The minimum atomic E-state index is -3.95. The maximum Gasteiger partial charge on any atom is 0.263 e. The van der Waals surface area contributed by atoms with Gasteiger partial charge in [-0.2, -0.15) is 0 Å². The van der Waals surface area contributed by atoms with Crippen molar-refractivity contribution in [2.45, 2.75) is 30.8 Å². The molecule has 33 heavy (non-hydrogen) atoms. The number of halogens is 1. The minimum Gasteiger partial charge on any atom is -0.348 e. The second-order valence-electron chi connectivity index (χ2n) is 8.10. The Kier molecular flexibility index (Phi) is 7.33. The van der Waals surface area contributed by atoms with Crippen molar-refractivity contribution in [3.63, 3.8) is 0 Å². The summed E-state index contributed by atoms with van der Waals surface area (Å²) in [5, 5.41) is 2.89. The molecule has 1 fully saturated rings. The lowest BCUT2D eigenvalue weighted by Gasteiger charge is -2.15. The van der Waals surface area contributed by atoms with Crippen LogP contribution in [0.3, 0.4) is 0 Å². The standard InChI is InChI=1S/C25H26ClN3O3S/c26-23-13-12-21(16-24(23)33(31,32)28-22-6-2-1-3-7-22)25(30)27-17-19-8-10-20(11-9-19)18-29-14-4-5-15-29/h1-3,6-13,16,28H,4-5,14-15,17-18H2,(H,27,30). The first-order valence-corrected chi connectivity index (χ1v) is 12.7. The zero-order valence-corrected chi connectivity index (χ0v) is 19.7. The van der Waals surface area contributed by atoms with Crippen LogP contribution in [-0.4, -0.2) is 32.3 Å². The third-order valence-electron chi connectivity index (χ3n) is 5.59. The fourth-order valence-corrected chi connectivity index (χ4v) is 5.40. The Bertz CT molecular complexity index is 1210. The smallest absolute Gasteiger partial charge is 0.263 e. The number of anilines is 1. The molecule has 1 aliphatic rings. The number of sulfonamides is 1. The summed E-state index contributed by atoms with van der Waals surface area (Å²) in [7, 11) is -3.95. The normalized spacial score (nSPS) is 14.2. The fraction of sp³-hybridized carbons (Fsp3) is 0.240. The predicted molar refractivity (Wildman–Crippen MR) is 131 cm³/mol. The van der Waals surface area contributed by atoms with Crippen LogP contribution in [-0.2, 0) is 23.1 Å². The van der Waals surface area contributed by atoms with Gasteiger partial charge in [-0.15, -0.1) is 0 Å². The van der Waals surface area contributed by atoms with Gasteiger partial charge in [-0.05, 0) is 67.4 Å². The first kappa shape index (κ1) is 23.3. The predicted octanol–water partition coefficient (Wildman–Crippen LogP) is 4.67. The highest BCUT2D eigenvalue weighted by Crippen LogP contribution is 2.25. The number of nitrogens with one attached hydrogen (secondary N) is 2. The summed E-state index contributed by atoms with van der Waals surface area (Å²) in [6.07, 6.45) is 2.53. The molecule has 0 aliphatic carbocycles. The Balaban J connectivity index is 1.40. The monoisotopic (exact) mass is 483 g/mol. The van der Waals surface area contributed by atoms with Gasteiger partial charge in [-0.25, -0.2) is 8.42 Å². The van der Waals surface area contributed by atoms with E-state index in [9.17, 15) is 13.2 Å². The van der Waals surface area contributed by atoms with Gasteiger partial charge < -0.3 is 5.32 Å². The average molecular weight is 484 g/mol. The molecule has 0 bridgehead atoms. The van der Waals surface area contributed by atoms with Crippen LogP contribution in [0.5, 0.6) is 0 Å². The van der Waals surface area contributed by atoms with Crippen LogP contribution >= 0.6 is 11.6 Å². The number of hydrogen-bond acceptors (Lipinski definition) is 4. The van der Waals surface area contributed by atoms with E-state index in [-0.39, 0.29) is 21.4 Å². The maximum absolute atomic E-state index is 12.8. The molecule has 2 N–H and O–H groups in total. The maximum atomic E-state index is 12.8. The summed E-state index contributed by atoms with van der Waals surface area (Å²) in [6.45, 7) is 3.59. The number of rotatable bonds is 8. The molecule has 172 valence electrons. The Morgan fingerprint density at radius 2 is 1.58 bits per heavy atom. The Morgan fingerprint density at radius 3 is 2.27 bits per heavy atom. The fourth-order valence-electron chi connectivity index (χ4n) is 3.81. The van der Waals surface area contributed by atoms with Crippen molar-refractivity contribution >= 4 is 33.2 Å². The van der Waals surface area contributed by atoms with E-state index < -0.39 is 10.0 Å². The lowest BCUT2D eigenvalue weighted by molar-refractivity contribution is 0.0950. The van der Waals surface area contributed by atoms with Crippen molar-refractivity contribution in [2.24, 2.45) is 0 Å². The van der Waals surface area contributed by atoms with Crippen molar-refractivity contribution in [2.75, 3.05) is 17.8 Å². The molecule has 8 heteroatoms. The van der Waals surface area contributed by atoms with E-state index in [0.717, 1.165) is 25.2 Å². The summed E-state index contributed by atoms with van der Waals surface area (Å²) in [5.41, 5.74) is 2.86.